The first-order valence-corrected chi connectivity index (χ1v) is 5.01. The zero-order valence-corrected chi connectivity index (χ0v) is 9.06. The van der Waals surface area contributed by atoms with E-state index in [-0.39, 0.29) is 5.78 Å². The van der Waals surface area contributed by atoms with Gasteiger partial charge >= 0.3 is 0 Å². The molecule has 2 rings (SSSR count). The number of nitrogens with zero attached hydrogens (tertiary/aromatic N) is 1. The van der Waals surface area contributed by atoms with Gasteiger partial charge in [0.15, 0.2) is 5.78 Å². The van der Waals surface area contributed by atoms with Crippen molar-refractivity contribution in [2.75, 3.05) is 0 Å². The van der Waals surface area contributed by atoms with Crippen LogP contribution in [0.5, 0.6) is 0 Å². The van der Waals surface area contributed by atoms with Gasteiger partial charge in [0, 0.05) is 23.1 Å². The molecule has 15 heavy (non-hydrogen) atoms. The number of ketones is 1. The molecule has 0 aromatic heterocycles. The number of carbonyl (C=O) groups excluding carboxylic acids is 1. The van der Waals surface area contributed by atoms with Crippen molar-refractivity contribution >= 4 is 29.0 Å². The number of rotatable bonds is 2. The third kappa shape index (κ3) is 1.90. The number of carbonyl (C=O) groups is 1. The maximum absolute atomic E-state index is 11.7. The molecule has 4 heteroatoms. The third-order valence-electron chi connectivity index (χ3n) is 2.18. The first-order valence-electron chi connectivity index (χ1n) is 4.25. The second-order valence-electron chi connectivity index (χ2n) is 3.20. The van der Waals surface area contributed by atoms with E-state index in [1.807, 2.05) is 6.07 Å². The molecule has 0 atom stereocenters. The van der Waals surface area contributed by atoms with Gasteiger partial charge in [-0.2, -0.15) is 5.26 Å². The van der Waals surface area contributed by atoms with Gasteiger partial charge in [-0.1, -0.05) is 23.2 Å². The van der Waals surface area contributed by atoms with E-state index in [0.717, 1.165) is 0 Å². The van der Waals surface area contributed by atoms with Gasteiger partial charge in [0.05, 0.1) is 16.1 Å². The van der Waals surface area contributed by atoms with Crippen LogP contribution in [-0.4, -0.2) is 5.78 Å². The number of allylic oxidation sites excluding steroid dienone is 2. The first kappa shape index (κ1) is 10.2. The minimum absolute atomic E-state index is 0.134. The fourth-order valence-electron chi connectivity index (χ4n) is 1.27. The molecule has 0 saturated heterocycles. The molecule has 1 aromatic carbocycles. The average Bonchev–Trinajstić information content (AvgIpc) is 3.00. The van der Waals surface area contributed by atoms with Crippen molar-refractivity contribution in [3.05, 3.63) is 45.0 Å². The molecule has 0 bridgehead atoms. The summed E-state index contributed by atoms with van der Waals surface area (Å²) in [5, 5.41) is 9.33. The zero-order chi connectivity index (χ0) is 11.0. The highest BCUT2D eigenvalue weighted by atomic mass is 35.5. The lowest BCUT2D eigenvalue weighted by molar-refractivity contribution is 0.103. The first-order chi connectivity index (χ1) is 7.13. The number of Topliss-reactive ketones (excluding diaryl/α,β-unsaturated/α-hetero) is 1. The van der Waals surface area contributed by atoms with E-state index < -0.39 is 0 Å². The number of benzene rings is 1. The summed E-state index contributed by atoms with van der Waals surface area (Å²) in [6.45, 7) is 0. The summed E-state index contributed by atoms with van der Waals surface area (Å²) in [6.07, 6.45) is 0.496. The fraction of sp³-hybridized carbons (Fsp3) is 0.0909. The molecule has 0 spiro atoms. The van der Waals surface area contributed by atoms with E-state index >= 15 is 0 Å². The summed E-state index contributed by atoms with van der Waals surface area (Å²) in [5.41, 5.74) is 1.62. The maximum atomic E-state index is 11.7. The largest absolute Gasteiger partial charge is 0.289 e. The standard InChI is InChI=1S/C11H5Cl2NO/c12-9-2-1-6(4-10(9)13)11(15)8-3-7(8)5-14/h1-2,4H,3H2. The van der Waals surface area contributed by atoms with Gasteiger partial charge in [-0.05, 0) is 18.2 Å². The molecule has 0 fully saturated rings. The normalized spacial score (nSPS) is 13.7. The predicted molar refractivity (Wildman–Crippen MR) is 58.0 cm³/mol. The van der Waals surface area contributed by atoms with E-state index in [4.69, 9.17) is 28.5 Å². The van der Waals surface area contributed by atoms with Gasteiger partial charge in [0.1, 0.15) is 0 Å². The maximum Gasteiger partial charge on any atom is 0.190 e. The molecule has 0 saturated carbocycles. The predicted octanol–water partition coefficient (Wildman–Crippen LogP) is 3.40. The van der Waals surface area contributed by atoms with Crippen LogP contribution < -0.4 is 0 Å². The Kier molecular flexibility index (Phi) is 2.52. The lowest BCUT2D eigenvalue weighted by Crippen LogP contribution is -1.95. The van der Waals surface area contributed by atoms with Crippen LogP contribution in [0, 0.1) is 11.3 Å². The van der Waals surface area contributed by atoms with Crippen LogP contribution in [0.2, 0.25) is 10.0 Å². The molecule has 1 aliphatic carbocycles. The van der Waals surface area contributed by atoms with Gasteiger partial charge < -0.3 is 0 Å². The Hall–Kier alpha value is -1.30. The van der Waals surface area contributed by atoms with Crippen molar-refractivity contribution < 1.29 is 4.79 Å². The second-order valence-corrected chi connectivity index (χ2v) is 4.02. The Labute approximate surface area is 96.7 Å². The summed E-state index contributed by atoms with van der Waals surface area (Å²) in [4.78, 5) is 11.7. The van der Waals surface area contributed by atoms with E-state index in [1.54, 1.807) is 12.1 Å². The fourth-order valence-corrected chi connectivity index (χ4v) is 1.57. The Morgan fingerprint density at radius 2 is 2.07 bits per heavy atom. The molecular formula is C11H5Cl2NO. The minimum atomic E-state index is -0.134. The quantitative estimate of drug-likeness (QED) is 0.741. The molecule has 74 valence electrons. The number of hydrogen-bond acceptors (Lipinski definition) is 2. The van der Waals surface area contributed by atoms with Crippen LogP contribution >= 0.6 is 23.2 Å². The smallest absolute Gasteiger partial charge is 0.190 e. The van der Waals surface area contributed by atoms with E-state index in [2.05, 4.69) is 0 Å². The highest BCUT2D eigenvalue weighted by molar-refractivity contribution is 6.42. The average molecular weight is 238 g/mol. The second kappa shape index (κ2) is 3.69. The molecule has 0 radical (unpaired) electrons. The molecule has 2 nitrogen and oxygen atoms in total. The van der Waals surface area contributed by atoms with Gasteiger partial charge in [-0.15, -0.1) is 0 Å². The molecular weight excluding hydrogens is 233 g/mol. The number of nitriles is 1. The third-order valence-corrected chi connectivity index (χ3v) is 2.92. The lowest BCUT2D eigenvalue weighted by atomic mass is 10.1. The van der Waals surface area contributed by atoms with Gasteiger partial charge in [-0.3, -0.25) is 4.79 Å². The summed E-state index contributed by atoms with van der Waals surface area (Å²) in [7, 11) is 0. The van der Waals surface area contributed by atoms with Crippen LogP contribution in [-0.2, 0) is 0 Å². The lowest BCUT2D eigenvalue weighted by Gasteiger charge is -1.98. The SMILES string of the molecule is N#CC1=C(C(=O)c2ccc(Cl)c(Cl)c2)C1. The molecule has 1 aromatic rings. The molecule has 0 amide bonds. The van der Waals surface area contributed by atoms with Crippen molar-refractivity contribution in [2.24, 2.45) is 0 Å². The summed E-state index contributed by atoms with van der Waals surface area (Å²) < 4.78 is 0. The highest BCUT2D eigenvalue weighted by Gasteiger charge is 2.28. The molecule has 0 aliphatic heterocycles. The zero-order valence-electron chi connectivity index (χ0n) is 7.55. The van der Waals surface area contributed by atoms with Crippen molar-refractivity contribution in [3.8, 4) is 6.07 Å². The van der Waals surface area contributed by atoms with Crippen LogP contribution in [0.4, 0.5) is 0 Å². The Balaban J connectivity index is 2.33. The van der Waals surface area contributed by atoms with Crippen LogP contribution in [0.25, 0.3) is 0 Å². The van der Waals surface area contributed by atoms with E-state index in [0.29, 0.717) is 33.2 Å². The number of halogens is 2. The van der Waals surface area contributed by atoms with Crippen LogP contribution in [0.3, 0.4) is 0 Å². The molecule has 1 aliphatic rings. The van der Waals surface area contributed by atoms with Crippen LogP contribution in [0.15, 0.2) is 29.3 Å². The Bertz CT molecular complexity index is 526. The monoisotopic (exact) mass is 237 g/mol. The van der Waals surface area contributed by atoms with Gasteiger partial charge in [0.2, 0.25) is 0 Å². The Morgan fingerprint density at radius 3 is 2.60 bits per heavy atom. The molecule has 0 unspecified atom stereocenters. The van der Waals surface area contributed by atoms with Crippen molar-refractivity contribution in [3.63, 3.8) is 0 Å². The minimum Gasteiger partial charge on any atom is -0.289 e. The van der Waals surface area contributed by atoms with Gasteiger partial charge in [-0.25, -0.2) is 0 Å². The topological polar surface area (TPSA) is 40.9 Å². The summed E-state index contributed by atoms with van der Waals surface area (Å²) in [5.74, 6) is -0.134. The summed E-state index contributed by atoms with van der Waals surface area (Å²) in [6, 6.07) is 6.67. The summed E-state index contributed by atoms with van der Waals surface area (Å²) >= 11 is 11.5. The van der Waals surface area contributed by atoms with Crippen molar-refractivity contribution in [1.29, 1.82) is 5.26 Å². The van der Waals surface area contributed by atoms with Crippen molar-refractivity contribution in [2.45, 2.75) is 6.42 Å². The van der Waals surface area contributed by atoms with E-state index in [9.17, 15) is 4.79 Å². The highest BCUT2D eigenvalue weighted by Crippen LogP contribution is 2.34. The van der Waals surface area contributed by atoms with Crippen LogP contribution in [0.1, 0.15) is 16.8 Å². The number of hydrogen-bond donors (Lipinski definition) is 0. The van der Waals surface area contributed by atoms with E-state index in [1.165, 1.54) is 6.07 Å². The van der Waals surface area contributed by atoms with Gasteiger partial charge in [0.25, 0.3) is 0 Å². The Morgan fingerprint density at radius 1 is 1.33 bits per heavy atom. The molecule has 0 heterocycles. The molecule has 0 N–H and O–H groups in total. The van der Waals surface area contributed by atoms with Crippen molar-refractivity contribution in [1.82, 2.24) is 0 Å².